The standard InChI is InChI=1S/C14H10ClFN2O2/c1-19-7-2-3-8(11(17)4-7)14-18-12-5-9(15)10(16)6-13(12)20-14/h2-6H,17H2,1H3. The van der Waals surface area contributed by atoms with E-state index in [1.54, 1.807) is 25.3 Å². The summed E-state index contributed by atoms with van der Waals surface area (Å²) in [5.74, 6) is 0.392. The number of oxazole rings is 1. The van der Waals surface area contributed by atoms with Crippen molar-refractivity contribution in [3.63, 3.8) is 0 Å². The van der Waals surface area contributed by atoms with E-state index in [9.17, 15) is 4.39 Å². The summed E-state index contributed by atoms with van der Waals surface area (Å²) in [6, 6.07) is 7.76. The Labute approximate surface area is 118 Å². The molecule has 0 unspecified atom stereocenters. The third-order valence-corrected chi connectivity index (χ3v) is 3.21. The van der Waals surface area contributed by atoms with Gasteiger partial charge in [0.1, 0.15) is 17.1 Å². The quantitative estimate of drug-likeness (QED) is 0.728. The second kappa shape index (κ2) is 4.68. The number of ether oxygens (including phenoxy) is 1. The summed E-state index contributed by atoms with van der Waals surface area (Å²) in [6.07, 6.45) is 0. The van der Waals surface area contributed by atoms with Gasteiger partial charge in [0.15, 0.2) is 5.58 Å². The van der Waals surface area contributed by atoms with Crippen molar-refractivity contribution in [3.8, 4) is 17.2 Å². The van der Waals surface area contributed by atoms with Gasteiger partial charge in [0.05, 0.1) is 17.7 Å². The van der Waals surface area contributed by atoms with Crippen LogP contribution in [0.4, 0.5) is 10.1 Å². The number of hydrogen-bond donors (Lipinski definition) is 1. The molecule has 4 nitrogen and oxygen atoms in total. The number of fused-ring (bicyclic) bond motifs is 1. The summed E-state index contributed by atoms with van der Waals surface area (Å²) in [4.78, 5) is 4.26. The van der Waals surface area contributed by atoms with Crippen LogP contribution in [-0.2, 0) is 0 Å². The van der Waals surface area contributed by atoms with Gasteiger partial charge >= 0.3 is 0 Å². The lowest BCUT2D eigenvalue weighted by molar-refractivity contribution is 0.415. The lowest BCUT2D eigenvalue weighted by atomic mass is 10.1. The molecule has 0 amide bonds. The lowest BCUT2D eigenvalue weighted by Crippen LogP contribution is -1.92. The molecule has 1 aromatic heterocycles. The van der Waals surface area contributed by atoms with Gasteiger partial charge in [-0.15, -0.1) is 0 Å². The smallest absolute Gasteiger partial charge is 0.229 e. The first-order valence-corrected chi connectivity index (χ1v) is 6.16. The molecule has 0 fully saturated rings. The molecule has 0 spiro atoms. The van der Waals surface area contributed by atoms with E-state index in [1.807, 2.05) is 0 Å². The molecule has 3 rings (SSSR count). The van der Waals surface area contributed by atoms with Crippen LogP contribution >= 0.6 is 11.6 Å². The molecule has 0 aliphatic carbocycles. The van der Waals surface area contributed by atoms with Gasteiger partial charge < -0.3 is 14.9 Å². The molecule has 0 radical (unpaired) electrons. The number of nitrogen functional groups attached to an aromatic ring is 1. The van der Waals surface area contributed by atoms with E-state index in [1.165, 1.54) is 12.1 Å². The molecule has 102 valence electrons. The molecule has 0 atom stereocenters. The van der Waals surface area contributed by atoms with Crippen LogP contribution in [0.25, 0.3) is 22.6 Å². The van der Waals surface area contributed by atoms with Gasteiger partial charge in [-0.25, -0.2) is 9.37 Å². The zero-order chi connectivity index (χ0) is 14.3. The normalized spacial score (nSPS) is 10.9. The van der Waals surface area contributed by atoms with Crippen LogP contribution in [0.1, 0.15) is 0 Å². The van der Waals surface area contributed by atoms with Crippen LogP contribution < -0.4 is 10.5 Å². The van der Waals surface area contributed by atoms with Gasteiger partial charge in [-0.05, 0) is 18.2 Å². The number of benzene rings is 2. The predicted octanol–water partition coefficient (Wildman–Crippen LogP) is 3.88. The number of nitrogens with zero attached hydrogens (tertiary/aromatic N) is 1. The summed E-state index contributed by atoms with van der Waals surface area (Å²) >= 11 is 5.72. The van der Waals surface area contributed by atoms with Crippen molar-refractivity contribution >= 4 is 28.4 Å². The molecular weight excluding hydrogens is 283 g/mol. The number of methoxy groups -OCH3 is 1. The van der Waals surface area contributed by atoms with Gasteiger partial charge in [-0.1, -0.05) is 11.6 Å². The van der Waals surface area contributed by atoms with Gasteiger partial charge in [-0.2, -0.15) is 0 Å². The monoisotopic (exact) mass is 292 g/mol. The average molecular weight is 293 g/mol. The highest BCUT2D eigenvalue weighted by Crippen LogP contribution is 2.32. The summed E-state index contributed by atoms with van der Waals surface area (Å²) in [6.45, 7) is 0. The van der Waals surface area contributed by atoms with Crippen LogP contribution in [0.15, 0.2) is 34.7 Å². The van der Waals surface area contributed by atoms with Gasteiger partial charge in [0, 0.05) is 17.8 Å². The number of halogens is 2. The first-order chi connectivity index (χ1) is 9.58. The molecule has 0 bridgehead atoms. The second-order valence-corrected chi connectivity index (χ2v) is 4.61. The van der Waals surface area contributed by atoms with E-state index in [0.717, 1.165) is 0 Å². The van der Waals surface area contributed by atoms with E-state index in [-0.39, 0.29) is 5.02 Å². The van der Waals surface area contributed by atoms with Crippen LogP contribution in [0, 0.1) is 5.82 Å². The molecule has 3 aromatic rings. The Balaban J connectivity index is 2.15. The maximum absolute atomic E-state index is 13.4. The minimum atomic E-state index is -0.551. The Kier molecular flexibility index (Phi) is 2.99. The largest absolute Gasteiger partial charge is 0.497 e. The molecule has 0 saturated heterocycles. The van der Waals surface area contributed by atoms with Crippen molar-refractivity contribution in [1.29, 1.82) is 0 Å². The molecule has 1 heterocycles. The highest BCUT2D eigenvalue weighted by atomic mass is 35.5. The van der Waals surface area contributed by atoms with E-state index in [0.29, 0.717) is 34.0 Å². The van der Waals surface area contributed by atoms with Crippen molar-refractivity contribution in [2.24, 2.45) is 0 Å². The Morgan fingerprint density at radius 1 is 1.30 bits per heavy atom. The van der Waals surface area contributed by atoms with E-state index >= 15 is 0 Å². The molecule has 0 aliphatic heterocycles. The molecular formula is C14H10ClFN2O2. The van der Waals surface area contributed by atoms with Crippen molar-refractivity contribution in [3.05, 3.63) is 41.2 Å². The number of aromatic nitrogens is 1. The minimum absolute atomic E-state index is 0.0000489. The molecule has 2 aromatic carbocycles. The summed E-state index contributed by atoms with van der Waals surface area (Å²) < 4.78 is 24.0. The van der Waals surface area contributed by atoms with Crippen LogP contribution in [-0.4, -0.2) is 12.1 Å². The van der Waals surface area contributed by atoms with Crippen LogP contribution in [0.3, 0.4) is 0 Å². The lowest BCUT2D eigenvalue weighted by Gasteiger charge is -2.04. The first kappa shape index (κ1) is 12.7. The average Bonchev–Trinajstić information content (AvgIpc) is 2.81. The Morgan fingerprint density at radius 3 is 2.80 bits per heavy atom. The van der Waals surface area contributed by atoms with Crippen molar-refractivity contribution in [1.82, 2.24) is 4.98 Å². The molecule has 0 saturated carbocycles. The summed E-state index contributed by atoms with van der Waals surface area (Å²) in [5.41, 5.74) is 7.79. The van der Waals surface area contributed by atoms with Gasteiger partial charge in [0.2, 0.25) is 5.89 Å². The highest BCUT2D eigenvalue weighted by molar-refractivity contribution is 6.31. The third-order valence-electron chi connectivity index (χ3n) is 2.92. The Morgan fingerprint density at radius 2 is 2.10 bits per heavy atom. The summed E-state index contributed by atoms with van der Waals surface area (Å²) in [7, 11) is 1.55. The number of nitrogens with two attached hydrogens (primary N) is 1. The van der Waals surface area contributed by atoms with Gasteiger partial charge in [0.25, 0.3) is 0 Å². The fraction of sp³-hybridized carbons (Fsp3) is 0.0714. The number of anilines is 1. The zero-order valence-electron chi connectivity index (χ0n) is 10.5. The van der Waals surface area contributed by atoms with Crippen molar-refractivity contribution < 1.29 is 13.5 Å². The predicted molar refractivity (Wildman–Crippen MR) is 75.4 cm³/mol. The first-order valence-electron chi connectivity index (χ1n) is 5.78. The summed E-state index contributed by atoms with van der Waals surface area (Å²) in [5, 5.41) is 0.0000489. The number of rotatable bonds is 2. The molecule has 6 heteroatoms. The maximum atomic E-state index is 13.4. The zero-order valence-corrected chi connectivity index (χ0v) is 11.2. The van der Waals surface area contributed by atoms with Crippen LogP contribution in [0.2, 0.25) is 5.02 Å². The molecule has 2 N–H and O–H groups in total. The van der Waals surface area contributed by atoms with Crippen molar-refractivity contribution in [2.45, 2.75) is 0 Å². The number of hydrogen-bond acceptors (Lipinski definition) is 4. The SMILES string of the molecule is COc1ccc(-c2nc3cc(Cl)c(F)cc3o2)c(N)c1. The molecule has 20 heavy (non-hydrogen) atoms. The van der Waals surface area contributed by atoms with Crippen molar-refractivity contribution in [2.75, 3.05) is 12.8 Å². The van der Waals surface area contributed by atoms with E-state index in [4.69, 9.17) is 26.5 Å². The molecule has 0 aliphatic rings. The third kappa shape index (κ3) is 2.06. The highest BCUT2D eigenvalue weighted by Gasteiger charge is 2.14. The minimum Gasteiger partial charge on any atom is -0.497 e. The Hall–Kier alpha value is -2.27. The van der Waals surface area contributed by atoms with E-state index < -0.39 is 5.82 Å². The topological polar surface area (TPSA) is 61.3 Å². The van der Waals surface area contributed by atoms with Crippen LogP contribution in [0.5, 0.6) is 5.75 Å². The fourth-order valence-corrected chi connectivity index (χ4v) is 2.06. The van der Waals surface area contributed by atoms with E-state index in [2.05, 4.69) is 4.98 Å². The van der Waals surface area contributed by atoms with Gasteiger partial charge in [-0.3, -0.25) is 0 Å². The second-order valence-electron chi connectivity index (χ2n) is 4.21. The maximum Gasteiger partial charge on any atom is 0.229 e. The fourth-order valence-electron chi connectivity index (χ4n) is 1.90. The Bertz CT molecular complexity index is 762.